The smallest absolute Gasteiger partial charge is 0.263 e. The van der Waals surface area contributed by atoms with E-state index in [1.807, 2.05) is 4.90 Å². The molecule has 1 fully saturated rings. The van der Waals surface area contributed by atoms with Gasteiger partial charge in [0.25, 0.3) is 6.43 Å². The standard InChI is InChI=1S/C20H22F2N4O2S/c21-17(22)12-2-3-13-9-26(10-14(13)8-12)19-23-15-4-7-29(28)16(15)18(24-19)25-20(11-27)5-1-6-20/h2-3,8,17,27H,1,4-7,9-11H2,(H,23,24,25)/t29-/m1/s1. The number of aromatic nitrogens is 2. The van der Waals surface area contributed by atoms with Gasteiger partial charge in [-0.15, -0.1) is 0 Å². The molecule has 9 heteroatoms. The number of fused-ring (bicyclic) bond motifs is 2. The van der Waals surface area contributed by atoms with Gasteiger partial charge in [-0.05, 0) is 47.6 Å². The minimum absolute atomic E-state index is 0.000689. The van der Waals surface area contributed by atoms with Crippen LogP contribution in [0.5, 0.6) is 0 Å². The van der Waals surface area contributed by atoms with Gasteiger partial charge in [-0.25, -0.2) is 13.8 Å². The molecule has 0 unspecified atom stereocenters. The number of halogens is 2. The van der Waals surface area contributed by atoms with E-state index < -0.39 is 23.1 Å². The number of hydrogen-bond acceptors (Lipinski definition) is 6. The average molecular weight is 420 g/mol. The molecule has 154 valence electrons. The molecule has 1 aromatic carbocycles. The van der Waals surface area contributed by atoms with Crippen LogP contribution in [0.1, 0.15) is 48.1 Å². The van der Waals surface area contributed by atoms with Crippen molar-refractivity contribution in [2.24, 2.45) is 0 Å². The summed E-state index contributed by atoms with van der Waals surface area (Å²) >= 11 is -1.15. The number of nitrogens with zero attached hydrogens (tertiary/aromatic N) is 3. The van der Waals surface area contributed by atoms with Crippen LogP contribution in [0.2, 0.25) is 0 Å². The van der Waals surface area contributed by atoms with Crippen molar-refractivity contribution in [1.29, 1.82) is 0 Å². The van der Waals surface area contributed by atoms with Crippen LogP contribution in [0.3, 0.4) is 0 Å². The number of rotatable bonds is 5. The van der Waals surface area contributed by atoms with Crippen molar-refractivity contribution in [2.75, 3.05) is 22.6 Å². The highest BCUT2D eigenvalue weighted by atomic mass is 32.2. The first kappa shape index (κ1) is 19.0. The van der Waals surface area contributed by atoms with Crippen molar-refractivity contribution < 1.29 is 18.4 Å². The van der Waals surface area contributed by atoms with Crippen LogP contribution in [0.15, 0.2) is 23.1 Å². The van der Waals surface area contributed by atoms with E-state index in [0.717, 1.165) is 36.1 Å². The molecule has 2 N–H and O–H groups in total. The molecule has 0 spiro atoms. The first-order valence-electron chi connectivity index (χ1n) is 9.81. The Morgan fingerprint density at radius 1 is 1.24 bits per heavy atom. The van der Waals surface area contributed by atoms with Crippen LogP contribution < -0.4 is 10.2 Å². The number of aliphatic hydroxyl groups is 1. The summed E-state index contributed by atoms with van der Waals surface area (Å²) in [5, 5.41) is 13.2. The van der Waals surface area contributed by atoms with Gasteiger partial charge >= 0.3 is 0 Å². The van der Waals surface area contributed by atoms with E-state index in [2.05, 4.69) is 15.3 Å². The molecule has 1 aromatic heterocycles. The van der Waals surface area contributed by atoms with Gasteiger partial charge in [-0.3, -0.25) is 0 Å². The van der Waals surface area contributed by atoms with E-state index >= 15 is 0 Å². The summed E-state index contributed by atoms with van der Waals surface area (Å²) in [6, 6.07) is 4.76. The third-order valence-electron chi connectivity index (χ3n) is 6.16. The molecule has 0 radical (unpaired) electrons. The maximum Gasteiger partial charge on any atom is 0.263 e. The number of benzene rings is 1. The van der Waals surface area contributed by atoms with Gasteiger partial charge in [0.05, 0.1) is 12.1 Å². The van der Waals surface area contributed by atoms with E-state index in [0.29, 0.717) is 41.9 Å². The molecule has 1 saturated carbocycles. The van der Waals surface area contributed by atoms with Gasteiger partial charge in [0.1, 0.15) is 11.4 Å². The molecule has 6 nitrogen and oxygen atoms in total. The highest BCUT2D eigenvalue weighted by molar-refractivity contribution is 7.91. The highest BCUT2D eigenvalue weighted by Gasteiger charge is 2.41. The van der Waals surface area contributed by atoms with Gasteiger partial charge in [-0.1, -0.05) is 12.1 Å². The molecule has 3 heterocycles. The fourth-order valence-electron chi connectivity index (χ4n) is 4.28. The lowest BCUT2D eigenvalue weighted by Gasteiger charge is -2.41. The van der Waals surface area contributed by atoms with Gasteiger partial charge < -0.3 is 19.9 Å². The Bertz CT molecular complexity index is 949. The second-order valence-corrected chi connectivity index (χ2v) is 9.56. The van der Waals surface area contributed by atoms with Crippen molar-refractivity contribution in [3.8, 4) is 0 Å². The lowest BCUT2D eigenvalue weighted by molar-refractivity contribution is 0.143. The third kappa shape index (κ3) is 3.25. The van der Waals surface area contributed by atoms with Crippen molar-refractivity contribution in [1.82, 2.24) is 9.97 Å². The van der Waals surface area contributed by atoms with Crippen LogP contribution in [-0.4, -0.2) is 37.5 Å². The summed E-state index contributed by atoms with van der Waals surface area (Å²) in [6.45, 7) is 1.01. The van der Waals surface area contributed by atoms with Crippen LogP contribution in [-0.2, 0) is 30.7 Å². The molecule has 0 saturated heterocycles. The normalized spacial score (nSPS) is 21.8. The molecule has 1 atom stereocenters. The van der Waals surface area contributed by atoms with Gasteiger partial charge in [0.2, 0.25) is 10.8 Å². The summed E-state index contributed by atoms with van der Waals surface area (Å²) in [6.07, 6.45) is 0.846. The Kier molecular flexibility index (Phi) is 4.64. The Morgan fingerprint density at radius 2 is 2.03 bits per heavy atom. The topological polar surface area (TPSA) is 84.3 Å². The molecule has 1 aliphatic carbocycles. The molecule has 2 aliphatic heterocycles. The number of aliphatic hydroxyl groups excluding tert-OH is 1. The SMILES string of the molecule is [O-][S@+]1CCc2nc(N3Cc4ccc(C(F)F)cc4C3)nc(NC3(CO)CCC3)c21. The largest absolute Gasteiger partial charge is 0.611 e. The average Bonchev–Trinajstić information content (AvgIpc) is 3.27. The zero-order valence-corrected chi connectivity index (χ0v) is 16.6. The lowest BCUT2D eigenvalue weighted by Crippen LogP contribution is -2.48. The fraction of sp³-hybridized carbons (Fsp3) is 0.500. The molecular weight excluding hydrogens is 398 g/mol. The number of hydrogen-bond donors (Lipinski definition) is 2. The predicted octanol–water partition coefficient (Wildman–Crippen LogP) is 2.93. The van der Waals surface area contributed by atoms with Gasteiger partial charge in [0.15, 0.2) is 5.82 Å². The molecule has 29 heavy (non-hydrogen) atoms. The molecule has 0 amide bonds. The predicted molar refractivity (Wildman–Crippen MR) is 106 cm³/mol. The van der Waals surface area contributed by atoms with Crippen molar-refractivity contribution >= 4 is 22.9 Å². The molecule has 2 aromatic rings. The first-order chi connectivity index (χ1) is 14.0. The highest BCUT2D eigenvalue weighted by Crippen LogP contribution is 2.40. The van der Waals surface area contributed by atoms with Gasteiger partial charge in [0, 0.05) is 25.1 Å². The van der Waals surface area contributed by atoms with Crippen LogP contribution in [0.25, 0.3) is 0 Å². The Morgan fingerprint density at radius 3 is 2.72 bits per heavy atom. The Hall–Kier alpha value is -1.97. The number of aryl methyl sites for hydroxylation is 1. The second-order valence-electron chi connectivity index (χ2n) is 8.05. The maximum absolute atomic E-state index is 13.0. The van der Waals surface area contributed by atoms with Crippen molar-refractivity contribution in [2.45, 2.75) is 55.6 Å². The summed E-state index contributed by atoms with van der Waals surface area (Å²) in [4.78, 5) is 11.9. The molecule has 5 rings (SSSR count). The van der Waals surface area contributed by atoms with Crippen LogP contribution >= 0.6 is 0 Å². The van der Waals surface area contributed by atoms with E-state index in [9.17, 15) is 18.4 Å². The van der Waals surface area contributed by atoms with Crippen LogP contribution in [0, 0.1) is 0 Å². The zero-order valence-electron chi connectivity index (χ0n) is 15.8. The van der Waals surface area contributed by atoms with E-state index in [1.54, 1.807) is 12.1 Å². The lowest BCUT2D eigenvalue weighted by atomic mass is 9.77. The molecule has 0 bridgehead atoms. The van der Waals surface area contributed by atoms with E-state index in [1.165, 1.54) is 6.07 Å². The second kappa shape index (κ2) is 7.07. The Labute approximate surface area is 170 Å². The van der Waals surface area contributed by atoms with Crippen molar-refractivity contribution in [3.05, 3.63) is 40.6 Å². The first-order valence-corrected chi connectivity index (χ1v) is 11.1. The summed E-state index contributed by atoms with van der Waals surface area (Å²) in [5.74, 6) is 1.57. The van der Waals surface area contributed by atoms with Gasteiger partial charge in [-0.2, -0.15) is 4.98 Å². The number of anilines is 2. The summed E-state index contributed by atoms with van der Waals surface area (Å²) in [5.41, 5.74) is 2.23. The zero-order chi connectivity index (χ0) is 20.2. The Balaban J connectivity index is 1.47. The van der Waals surface area contributed by atoms with E-state index in [-0.39, 0.29) is 12.2 Å². The van der Waals surface area contributed by atoms with E-state index in [4.69, 9.17) is 0 Å². The summed E-state index contributed by atoms with van der Waals surface area (Å²) in [7, 11) is 0. The minimum atomic E-state index is -2.49. The fourth-order valence-corrected chi connectivity index (χ4v) is 5.58. The van der Waals surface area contributed by atoms with Crippen LogP contribution in [0.4, 0.5) is 20.5 Å². The molecular formula is C20H22F2N4O2S. The monoisotopic (exact) mass is 420 g/mol. The summed E-state index contributed by atoms with van der Waals surface area (Å²) < 4.78 is 38.6. The maximum atomic E-state index is 13.0. The molecule has 3 aliphatic rings. The quantitative estimate of drug-likeness (QED) is 0.724. The third-order valence-corrected chi connectivity index (χ3v) is 7.62. The van der Waals surface area contributed by atoms with Crippen molar-refractivity contribution in [3.63, 3.8) is 0 Å². The minimum Gasteiger partial charge on any atom is -0.611 e. The number of alkyl halides is 2. The number of nitrogens with one attached hydrogen (secondary N) is 1.